The summed E-state index contributed by atoms with van der Waals surface area (Å²) >= 11 is 0. The van der Waals surface area contributed by atoms with Gasteiger partial charge in [-0.1, -0.05) is 60.7 Å². The van der Waals surface area contributed by atoms with Gasteiger partial charge in [0.05, 0.1) is 0 Å². The summed E-state index contributed by atoms with van der Waals surface area (Å²) in [5.74, 6) is 0.605. The number of amides is 1. The topological polar surface area (TPSA) is 36.4 Å². The van der Waals surface area contributed by atoms with E-state index in [2.05, 4.69) is 76.3 Å². The van der Waals surface area contributed by atoms with Gasteiger partial charge in [-0.25, -0.2) is 0 Å². The number of nitrogens with zero attached hydrogens (tertiary/aromatic N) is 3. The van der Waals surface area contributed by atoms with Crippen molar-refractivity contribution in [2.45, 2.75) is 57.7 Å². The molecule has 1 amide bonds. The van der Waals surface area contributed by atoms with Gasteiger partial charge in [0.2, 0.25) is 0 Å². The fourth-order valence-corrected chi connectivity index (χ4v) is 5.43. The fourth-order valence-electron chi connectivity index (χ4n) is 5.43. The van der Waals surface area contributed by atoms with Gasteiger partial charge >= 0.3 is 0 Å². The van der Waals surface area contributed by atoms with Crippen LogP contribution in [0, 0.1) is 12.8 Å². The second kappa shape index (κ2) is 10.5. The van der Waals surface area contributed by atoms with Crippen LogP contribution in [0.5, 0.6) is 0 Å². The molecule has 4 nitrogen and oxygen atoms in total. The Labute approximate surface area is 203 Å². The van der Waals surface area contributed by atoms with Crippen molar-refractivity contribution in [2.75, 3.05) is 13.1 Å². The zero-order valence-electron chi connectivity index (χ0n) is 20.1. The second-order valence-electron chi connectivity index (χ2n) is 9.96. The molecule has 5 rings (SSSR count). The number of aryl methyl sites for hydroxylation is 1. The third-order valence-electron chi connectivity index (χ3n) is 7.54. The maximum atomic E-state index is 13.7. The molecule has 0 N–H and O–H groups in total. The van der Waals surface area contributed by atoms with Crippen LogP contribution in [0.3, 0.4) is 0 Å². The lowest BCUT2D eigenvalue weighted by molar-refractivity contribution is 0.0477. The van der Waals surface area contributed by atoms with Crippen LogP contribution in [0.1, 0.15) is 52.9 Å². The third kappa shape index (κ3) is 5.39. The normalized spacial score (nSPS) is 17.9. The highest BCUT2D eigenvalue weighted by atomic mass is 16.2. The average Bonchev–Trinajstić information content (AvgIpc) is 3.72. The second-order valence-corrected chi connectivity index (χ2v) is 9.96. The summed E-state index contributed by atoms with van der Waals surface area (Å²) in [5, 5.41) is 0. The van der Waals surface area contributed by atoms with Gasteiger partial charge in [-0.3, -0.25) is 14.7 Å². The molecule has 0 spiro atoms. The Morgan fingerprint density at radius 1 is 0.941 bits per heavy atom. The van der Waals surface area contributed by atoms with Crippen LogP contribution in [-0.4, -0.2) is 45.9 Å². The highest BCUT2D eigenvalue weighted by molar-refractivity contribution is 5.93. The van der Waals surface area contributed by atoms with Crippen molar-refractivity contribution in [1.29, 1.82) is 0 Å². The zero-order chi connectivity index (χ0) is 23.3. The molecule has 2 aliphatic rings. The van der Waals surface area contributed by atoms with Crippen LogP contribution in [0.2, 0.25) is 0 Å². The smallest absolute Gasteiger partial charge is 0.272 e. The number of aromatic nitrogens is 1. The van der Waals surface area contributed by atoms with E-state index in [-0.39, 0.29) is 11.9 Å². The van der Waals surface area contributed by atoms with Crippen molar-refractivity contribution < 1.29 is 4.79 Å². The van der Waals surface area contributed by atoms with E-state index in [0.717, 1.165) is 51.7 Å². The Balaban J connectivity index is 1.35. The zero-order valence-corrected chi connectivity index (χ0v) is 20.1. The summed E-state index contributed by atoms with van der Waals surface area (Å²) in [6.07, 6.45) is 7.11. The van der Waals surface area contributed by atoms with Gasteiger partial charge in [0.15, 0.2) is 0 Å². The average molecular weight is 454 g/mol. The molecule has 0 bridgehead atoms. The highest BCUT2D eigenvalue weighted by Crippen LogP contribution is 2.36. The molecule has 1 aliphatic carbocycles. The number of hydrogen-bond donors (Lipinski definition) is 0. The van der Waals surface area contributed by atoms with Gasteiger partial charge in [0.1, 0.15) is 5.69 Å². The third-order valence-corrected chi connectivity index (χ3v) is 7.54. The SMILES string of the molecule is Cc1ccccc1CN1CCC([C@@H](Cc2ccccc2)N(C(=O)c2ccccn2)C2CC2)CC1. The molecule has 1 saturated heterocycles. The molecule has 0 unspecified atom stereocenters. The summed E-state index contributed by atoms with van der Waals surface area (Å²) in [5.41, 5.74) is 4.68. The number of hydrogen-bond acceptors (Lipinski definition) is 3. The lowest BCUT2D eigenvalue weighted by Crippen LogP contribution is -2.50. The molecule has 1 saturated carbocycles. The Bertz CT molecular complexity index is 1070. The Morgan fingerprint density at radius 3 is 2.32 bits per heavy atom. The van der Waals surface area contributed by atoms with Gasteiger partial charge in [0.25, 0.3) is 5.91 Å². The van der Waals surface area contributed by atoms with Gasteiger partial charge in [-0.15, -0.1) is 0 Å². The van der Waals surface area contributed by atoms with E-state index < -0.39 is 0 Å². The van der Waals surface area contributed by atoms with Crippen molar-refractivity contribution in [1.82, 2.24) is 14.8 Å². The number of benzene rings is 2. The lowest BCUT2D eigenvalue weighted by atomic mass is 9.84. The van der Waals surface area contributed by atoms with Crippen LogP contribution in [0.25, 0.3) is 0 Å². The number of pyridine rings is 1. The largest absolute Gasteiger partial charge is 0.331 e. The summed E-state index contributed by atoms with van der Waals surface area (Å²) < 4.78 is 0. The maximum absolute atomic E-state index is 13.7. The summed E-state index contributed by atoms with van der Waals surface area (Å²) in [6.45, 7) is 5.39. The van der Waals surface area contributed by atoms with Crippen molar-refractivity contribution in [3.8, 4) is 0 Å². The number of carbonyl (C=O) groups is 1. The van der Waals surface area contributed by atoms with E-state index in [1.807, 2.05) is 18.2 Å². The number of rotatable bonds is 8. The minimum atomic E-state index is 0.103. The fraction of sp³-hybridized carbons (Fsp3) is 0.400. The molecular weight excluding hydrogens is 418 g/mol. The first-order valence-corrected chi connectivity index (χ1v) is 12.7. The molecule has 4 heteroatoms. The van der Waals surface area contributed by atoms with Gasteiger partial charge < -0.3 is 4.90 Å². The first-order valence-electron chi connectivity index (χ1n) is 12.7. The Morgan fingerprint density at radius 2 is 1.65 bits per heavy atom. The van der Waals surface area contributed by atoms with Crippen LogP contribution in [-0.2, 0) is 13.0 Å². The molecular formula is C30H35N3O. The predicted octanol–water partition coefficient (Wildman–Crippen LogP) is 5.52. The number of carbonyl (C=O) groups excluding carboxylic acids is 1. The van der Waals surface area contributed by atoms with E-state index in [1.54, 1.807) is 6.20 Å². The van der Waals surface area contributed by atoms with Gasteiger partial charge in [0, 0.05) is 24.8 Å². The molecule has 0 radical (unpaired) electrons. The van der Waals surface area contributed by atoms with Crippen molar-refractivity contribution in [3.63, 3.8) is 0 Å². The Hall–Kier alpha value is -2.98. The Kier molecular flexibility index (Phi) is 7.05. The molecule has 176 valence electrons. The van der Waals surface area contributed by atoms with E-state index in [4.69, 9.17) is 0 Å². The van der Waals surface area contributed by atoms with Crippen molar-refractivity contribution in [3.05, 3.63) is 101 Å². The molecule has 3 aromatic rings. The maximum Gasteiger partial charge on any atom is 0.272 e. The minimum absolute atomic E-state index is 0.103. The van der Waals surface area contributed by atoms with E-state index in [1.165, 1.54) is 16.7 Å². The molecule has 2 aromatic carbocycles. The van der Waals surface area contributed by atoms with E-state index >= 15 is 0 Å². The standard InChI is InChI=1S/C30H35N3O/c1-23-9-5-6-12-26(23)22-32-19-16-25(17-20-32)29(21-24-10-3-2-4-11-24)33(27-14-15-27)30(34)28-13-7-8-18-31-28/h2-13,18,25,27,29H,14-17,19-22H2,1H3/t29-/m1/s1. The molecule has 2 heterocycles. The number of likely N-dealkylation sites (tertiary alicyclic amines) is 1. The minimum Gasteiger partial charge on any atom is -0.331 e. The van der Waals surface area contributed by atoms with Crippen LogP contribution in [0.4, 0.5) is 0 Å². The number of piperidine rings is 1. The van der Waals surface area contributed by atoms with Crippen molar-refractivity contribution >= 4 is 5.91 Å². The van der Waals surface area contributed by atoms with E-state index in [9.17, 15) is 4.79 Å². The lowest BCUT2D eigenvalue weighted by Gasteiger charge is -2.42. The van der Waals surface area contributed by atoms with Gasteiger partial charge in [-0.2, -0.15) is 0 Å². The molecule has 1 atom stereocenters. The summed E-state index contributed by atoms with van der Waals surface area (Å²) in [7, 11) is 0. The summed E-state index contributed by atoms with van der Waals surface area (Å²) in [4.78, 5) is 22.9. The monoisotopic (exact) mass is 453 g/mol. The van der Waals surface area contributed by atoms with Crippen LogP contribution < -0.4 is 0 Å². The van der Waals surface area contributed by atoms with Crippen LogP contribution in [0.15, 0.2) is 79.0 Å². The van der Waals surface area contributed by atoms with Crippen molar-refractivity contribution in [2.24, 2.45) is 5.92 Å². The predicted molar refractivity (Wildman–Crippen MR) is 137 cm³/mol. The molecule has 1 aromatic heterocycles. The first-order chi connectivity index (χ1) is 16.7. The quantitative estimate of drug-likeness (QED) is 0.451. The van der Waals surface area contributed by atoms with Crippen LogP contribution >= 0.6 is 0 Å². The van der Waals surface area contributed by atoms with E-state index in [0.29, 0.717) is 17.7 Å². The molecule has 2 fully saturated rings. The highest BCUT2D eigenvalue weighted by Gasteiger charge is 2.42. The molecule has 34 heavy (non-hydrogen) atoms. The van der Waals surface area contributed by atoms with Gasteiger partial charge in [-0.05, 0) is 86.9 Å². The first kappa shape index (κ1) is 22.8. The molecule has 1 aliphatic heterocycles. The summed E-state index contributed by atoms with van der Waals surface area (Å²) in [6, 6.07) is 25.6.